The fourth-order valence-electron chi connectivity index (χ4n) is 2.04. The van der Waals surface area contributed by atoms with Crippen molar-refractivity contribution in [2.75, 3.05) is 0 Å². The van der Waals surface area contributed by atoms with Crippen LogP contribution in [-0.4, -0.2) is 16.0 Å². The van der Waals surface area contributed by atoms with Crippen LogP contribution in [0.25, 0.3) is 6.08 Å². The number of nitrogens with zero attached hydrogens (tertiary/aromatic N) is 2. The summed E-state index contributed by atoms with van der Waals surface area (Å²) in [5.74, 6) is -1.13. The smallest absolute Gasteiger partial charge is 0.264 e. The van der Waals surface area contributed by atoms with Crippen LogP contribution in [0.4, 0.5) is 11.4 Å². The molecular formula is C16H10N3O4S-. The summed E-state index contributed by atoms with van der Waals surface area (Å²) in [4.78, 5) is 26.6. The van der Waals surface area contributed by atoms with Crippen LogP contribution in [0.1, 0.15) is 5.56 Å². The highest BCUT2D eigenvalue weighted by Crippen LogP contribution is 2.32. The fourth-order valence-corrected chi connectivity index (χ4v) is 2.87. The molecule has 1 fully saturated rings. The van der Waals surface area contributed by atoms with Gasteiger partial charge in [0.1, 0.15) is 0 Å². The molecule has 2 aromatic rings. The van der Waals surface area contributed by atoms with Crippen LogP contribution in [0, 0.1) is 10.1 Å². The number of amides is 1. The molecule has 1 saturated heterocycles. The van der Waals surface area contributed by atoms with Gasteiger partial charge in [0.2, 0.25) is 0 Å². The molecule has 1 aliphatic rings. The summed E-state index contributed by atoms with van der Waals surface area (Å²) in [5.41, 5.74) is 0.246. The minimum Gasteiger partial charge on any atom is -0.867 e. The first-order valence-corrected chi connectivity index (χ1v) is 7.65. The molecule has 0 aromatic heterocycles. The lowest BCUT2D eigenvalue weighted by Gasteiger charge is -2.10. The van der Waals surface area contributed by atoms with Gasteiger partial charge in [0.05, 0.1) is 15.5 Å². The third kappa shape index (κ3) is 3.28. The van der Waals surface area contributed by atoms with Gasteiger partial charge in [-0.15, -0.1) is 0 Å². The minimum absolute atomic E-state index is 0.0859. The molecule has 1 aliphatic heterocycles. The van der Waals surface area contributed by atoms with Crippen LogP contribution >= 0.6 is 11.8 Å². The number of benzene rings is 2. The number of nitro benzene ring substituents is 1. The van der Waals surface area contributed by atoms with E-state index in [1.807, 2.05) is 18.2 Å². The van der Waals surface area contributed by atoms with Crippen LogP contribution in [0.2, 0.25) is 0 Å². The third-order valence-electron chi connectivity index (χ3n) is 3.15. The molecule has 0 atom stereocenters. The highest BCUT2D eigenvalue weighted by molar-refractivity contribution is 8.18. The van der Waals surface area contributed by atoms with Crippen LogP contribution < -0.4 is 10.4 Å². The zero-order valence-electron chi connectivity index (χ0n) is 12.1. The summed E-state index contributed by atoms with van der Waals surface area (Å²) in [6.45, 7) is 0. The van der Waals surface area contributed by atoms with E-state index in [1.165, 1.54) is 18.2 Å². The maximum Gasteiger partial charge on any atom is 0.264 e. The third-order valence-corrected chi connectivity index (χ3v) is 4.06. The van der Waals surface area contributed by atoms with Gasteiger partial charge in [-0.05, 0) is 41.3 Å². The summed E-state index contributed by atoms with van der Waals surface area (Å²) >= 11 is 1.07. The second kappa shape index (κ2) is 6.55. The molecule has 1 N–H and O–H groups in total. The average Bonchev–Trinajstić information content (AvgIpc) is 2.89. The topological polar surface area (TPSA) is 108 Å². The lowest BCUT2D eigenvalue weighted by atomic mass is 10.1. The molecule has 3 rings (SSSR count). The Morgan fingerprint density at radius 3 is 2.58 bits per heavy atom. The molecule has 120 valence electrons. The van der Waals surface area contributed by atoms with Crippen molar-refractivity contribution in [3.8, 4) is 5.75 Å². The highest BCUT2D eigenvalue weighted by atomic mass is 32.2. The summed E-state index contributed by atoms with van der Waals surface area (Å²) < 4.78 is 0. The van der Waals surface area contributed by atoms with Gasteiger partial charge in [0.15, 0.2) is 5.17 Å². The first kappa shape index (κ1) is 15.8. The Labute approximate surface area is 140 Å². The zero-order valence-corrected chi connectivity index (χ0v) is 12.9. The second-order valence-electron chi connectivity index (χ2n) is 4.77. The number of aliphatic imine (C=N–C) groups is 1. The van der Waals surface area contributed by atoms with Crippen molar-refractivity contribution in [2.45, 2.75) is 0 Å². The Bertz CT molecular complexity index is 878. The number of thioether (sulfide) groups is 1. The largest absolute Gasteiger partial charge is 0.867 e. The summed E-state index contributed by atoms with van der Waals surface area (Å²) in [6.07, 6.45) is 1.34. The van der Waals surface area contributed by atoms with Crippen LogP contribution in [0.3, 0.4) is 0 Å². The molecule has 0 spiro atoms. The summed E-state index contributed by atoms with van der Waals surface area (Å²) in [6, 6.07) is 13.1. The normalized spacial score (nSPS) is 17.2. The number of nitrogens with one attached hydrogen (secondary N) is 1. The minimum atomic E-state index is -0.742. The first-order valence-electron chi connectivity index (χ1n) is 6.83. The van der Waals surface area contributed by atoms with E-state index in [1.54, 1.807) is 12.1 Å². The molecule has 0 unspecified atom stereocenters. The van der Waals surface area contributed by atoms with Crippen molar-refractivity contribution in [2.24, 2.45) is 4.99 Å². The molecule has 0 bridgehead atoms. The molecule has 2 aromatic carbocycles. The Balaban J connectivity index is 1.90. The summed E-state index contributed by atoms with van der Waals surface area (Å²) in [7, 11) is 0. The molecule has 24 heavy (non-hydrogen) atoms. The molecule has 1 heterocycles. The number of carbonyl (C=O) groups is 1. The number of hydrogen-bond acceptors (Lipinski definition) is 6. The van der Waals surface area contributed by atoms with E-state index in [-0.39, 0.29) is 10.5 Å². The molecule has 8 heteroatoms. The molecule has 0 aliphatic carbocycles. The van der Waals surface area contributed by atoms with Crippen molar-refractivity contribution in [3.63, 3.8) is 0 Å². The maximum atomic E-state index is 12.0. The maximum absolute atomic E-state index is 12.0. The number of amidine groups is 1. The SMILES string of the molecule is O=C1NC(=Nc2ccccc2)S/C1=C/c1cccc([N+](=O)[O-])c1[O-]. The van der Waals surface area contributed by atoms with Gasteiger partial charge in [-0.1, -0.05) is 30.3 Å². The van der Waals surface area contributed by atoms with Crippen LogP contribution in [0.5, 0.6) is 5.75 Å². The predicted octanol–water partition coefficient (Wildman–Crippen LogP) is 2.56. The fraction of sp³-hybridized carbons (Fsp3) is 0. The van der Waals surface area contributed by atoms with Gasteiger partial charge in [0.25, 0.3) is 11.6 Å². The van der Waals surface area contributed by atoms with E-state index < -0.39 is 22.3 Å². The van der Waals surface area contributed by atoms with E-state index in [2.05, 4.69) is 10.3 Å². The predicted molar refractivity (Wildman–Crippen MR) is 89.8 cm³/mol. The van der Waals surface area contributed by atoms with Gasteiger partial charge < -0.3 is 10.4 Å². The Hall–Kier alpha value is -3.13. The van der Waals surface area contributed by atoms with Crippen molar-refractivity contribution >= 4 is 40.3 Å². The number of rotatable bonds is 3. The lowest BCUT2D eigenvalue weighted by Crippen LogP contribution is -2.19. The molecule has 0 saturated carbocycles. The molecule has 1 amide bonds. The average molecular weight is 340 g/mol. The van der Waals surface area contributed by atoms with E-state index in [9.17, 15) is 20.0 Å². The first-order chi connectivity index (χ1) is 11.5. The number of para-hydroxylation sites is 2. The number of hydrogen-bond donors (Lipinski definition) is 1. The van der Waals surface area contributed by atoms with Crippen molar-refractivity contribution in [1.29, 1.82) is 0 Å². The van der Waals surface area contributed by atoms with E-state index >= 15 is 0 Å². The van der Waals surface area contributed by atoms with Crippen molar-refractivity contribution in [3.05, 3.63) is 69.1 Å². The van der Waals surface area contributed by atoms with Gasteiger partial charge in [0, 0.05) is 6.07 Å². The van der Waals surface area contributed by atoms with Crippen LogP contribution in [-0.2, 0) is 4.79 Å². The van der Waals surface area contributed by atoms with Crippen molar-refractivity contribution < 1.29 is 14.8 Å². The van der Waals surface area contributed by atoms with E-state index in [4.69, 9.17) is 0 Å². The zero-order chi connectivity index (χ0) is 17.1. The Kier molecular flexibility index (Phi) is 4.30. The highest BCUT2D eigenvalue weighted by Gasteiger charge is 2.24. The Morgan fingerprint density at radius 1 is 1.12 bits per heavy atom. The summed E-state index contributed by atoms with van der Waals surface area (Å²) in [5, 5.41) is 25.8. The van der Waals surface area contributed by atoms with Gasteiger partial charge in [-0.3, -0.25) is 14.9 Å². The molecule has 7 nitrogen and oxygen atoms in total. The van der Waals surface area contributed by atoms with Crippen LogP contribution in [0.15, 0.2) is 58.4 Å². The molecular weight excluding hydrogens is 330 g/mol. The van der Waals surface area contributed by atoms with Crippen molar-refractivity contribution in [1.82, 2.24) is 5.32 Å². The number of carbonyl (C=O) groups excluding carboxylic acids is 1. The quantitative estimate of drug-likeness (QED) is 0.525. The van der Waals surface area contributed by atoms with Gasteiger partial charge in [-0.25, -0.2) is 4.99 Å². The Morgan fingerprint density at radius 2 is 1.88 bits per heavy atom. The standard InChI is InChI=1S/C16H11N3O4S/c20-14-10(5-4-8-12(14)19(22)23)9-13-15(21)18-16(24-13)17-11-6-2-1-3-7-11/h1-9,20H,(H,17,18,21)/p-1/b13-9+. The van der Waals surface area contributed by atoms with Gasteiger partial charge in [-0.2, -0.15) is 0 Å². The monoisotopic (exact) mass is 340 g/mol. The van der Waals surface area contributed by atoms with E-state index in [0.29, 0.717) is 10.9 Å². The van der Waals surface area contributed by atoms with Gasteiger partial charge >= 0.3 is 0 Å². The second-order valence-corrected chi connectivity index (χ2v) is 5.80. The molecule has 0 radical (unpaired) electrons. The number of nitro groups is 1. The lowest BCUT2D eigenvalue weighted by molar-refractivity contribution is -0.398. The van der Waals surface area contributed by atoms with E-state index in [0.717, 1.165) is 17.8 Å².